The van der Waals surface area contributed by atoms with Crippen molar-refractivity contribution in [2.24, 2.45) is 20.0 Å². The molecule has 0 aliphatic carbocycles. The Morgan fingerprint density at radius 2 is 1.86 bits per heavy atom. The van der Waals surface area contributed by atoms with Crippen molar-refractivity contribution >= 4 is 17.7 Å². The van der Waals surface area contributed by atoms with E-state index in [1.807, 2.05) is 11.8 Å². The van der Waals surface area contributed by atoms with Crippen LogP contribution < -0.4 is 16.3 Å². The van der Waals surface area contributed by atoms with Gasteiger partial charge in [0.25, 0.3) is 5.91 Å². The van der Waals surface area contributed by atoms with E-state index in [1.54, 1.807) is 14.1 Å². The number of aryl methyl sites for hydroxylation is 1. The van der Waals surface area contributed by atoms with Crippen LogP contribution in [0.3, 0.4) is 0 Å². The Kier molecular flexibility index (Phi) is 5.90. The number of nitrogens with one attached hydrogen (secondary N) is 2. The predicted octanol–water partition coefficient (Wildman–Crippen LogP) is -0.251. The number of imidazole rings is 1. The van der Waals surface area contributed by atoms with Crippen LogP contribution in [0.4, 0.5) is 0 Å². The molecule has 9 nitrogen and oxygen atoms in total. The lowest BCUT2D eigenvalue weighted by atomic mass is 9.89. The van der Waals surface area contributed by atoms with Gasteiger partial charge in [-0.15, -0.1) is 0 Å². The first-order valence-electron chi connectivity index (χ1n) is 9.89. The molecule has 0 spiro atoms. The summed E-state index contributed by atoms with van der Waals surface area (Å²) in [5.74, 6) is -0.0561. The van der Waals surface area contributed by atoms with Crippen molar-refractivity contribution in [3.05, 3.63) is 22.4 Å². The van der Waals surface area contributed by atoms with E-state index in [0.717, 1.165) is 19.3 Å². The number of carbonyl (C=O) groups excluding carboxylic acids is 3. The minimum absolute atomic E-state index is 0.00229. The van der Waals surface area contributed by atoms with Gasteiger partial charge >= 0.3 is 5.69 Å². The summed E-state index contributed by atoms with van der Waals surface area (Å²) in [7, 11) is 3.19. The SMILES string of the molecule is C[C@H](NC(=O)c1cn(C)c(=O)n1C)C1CCN(C(=O)[C@H]2CCCC(=O)N2)CC1. The zero-order chi connectivity index (χ0) is 20.4. The maximum absolute atomic E-state index is 12.6. The van der Waals surface area contributed by atoms with E-state index in [-0.39, 0.29) is 35.4 Å². The third-order valence-electron chi connectivity index (χ3n) is 5.95. The van der Waals surface area contributed by atoms with Gasteiger partial charge in [0.1, 0.15) is 11.7 Å². The predicted molar refractivity (Wildman–Crippen MR) is 103 cm³/mol. The number of piperidine rings is 2. The topological polar surface area (TPSA) is 105 Å². The smallest absolute Gasteiger partial charge is 0.328 e. The van der Waals surface area contributed by atoms with Crippen LogP contribution in [-0.4, -0.2) is 56.9 Å². The van der Waals surface area contributed by atoms with Crippen molar-refractivity contribution in [2.75, 3.05) is 13.1 Å². The molecule has 154 valence electrons. The highest BCUT2D eigenvalue weighted by atomic mass is 16.2. The quantitative estimate of drug-likeness (QED) is 0.738. The summed E-state index contributed by atoms with van der Waals surface area (Å²) in [4.78, 5) is 50.3. The second kappa shape index (κ2) is 8.20. The first-order chi connectivity index (χ1) is 13.3. The second-order valence-corrected chi connectivity index (χ2v) is 7.90. The monoisotopic (exact) mass is 391 g/mol. The highest BCUT2D eigenvalue weighted by molar-refractivity contribution is 5.92. The van der Waals surface area contributed by atoms with E-state index in [1.165, 1.54) is 15.3 Å². The lowest BCUT2D eigenvalue weighted by molar-refractivity contribution is -0.139. The molecule has 1 aromatic heterocycles. The van der Waals surface area contributed by atoms with Crippen LogP contribution in [0.5, 0.6) is 0 Å². The molecule has 9 heteroatoms. The fraction of sp³-hybridized carbons (Fsp3) is 0.684. The van der Waals surface area contributed by atoms with Gasteiger partial charge in [-0.2, -0.15) is 0 Å². The summed E-state index contributed by atoms with van der Waals surface area (Å²) >= 11 is 0. The van der Waals surface area contributed by atoms with Gasteiger partial charge in [-0.3, -0.25) is 19.0 Å². The third kappa shape index (κ3) is 4.13. The molecule has 28 heavy (non-hydrogen) atoms. The standard InChI is InChI=1S/C19H29N5O4/c1-12(20-17(26)15-11-22(2)19(28)23(15)3)13-7-9-24(10-8-13)18(27)14-5-4-6-16(25)21-14/h11-14H,4-10H2,1-3H3,(H,20,26)(H,21,25)/t12-,14+/m0/s1. The van der Waals surface area contributed by atoms with Crippen LogP contribution in [0.15, 0.2) is 11.0 Å². The highest BCUT2D eigenvalue weighted by Gasteiger charge is 2.32. The maximum Gasteiger partial charge on any atom is 0.328 e. The fourth-order valence-electron chi connectivity index (χ4n) is 4.11. The van der Waals surface area contributed by atoms with Crippen molar-refractivity contribution in [1.82, 2.24) is 24.7 Å². The number of amides is 3. The molecular formula is C19H29N5O4. The molecule has 2 aliphatic heterocycles. The molecule has 2 aliphatic rings. The van der Waals surface area contributed by atoms with Crippen LogP contribution in [0.25, 0.3) is 0 Å². The molecular weight excluding hydrogens is 362 g/mol. The fourth-order valence-corrected chi connectivity index (χ4v) is 4.11. The number of likely N-dealkylation sites (tertiary alicyclic amines) is 1. The molecule has 2 saturated heterocycles. The Labute approximate surface area is 164 Å². The minimum atomic E-state index is -0.394. The van der Waals surface area contributed by atoms with Crippen molar-refractivity contribution in [2.45, 2.75) is 51.1 Å². The van der Waals surface area contributed by atoms with Crippen molar-refractivity contribution < 1.29 is 14.4 Å². The number of rotatable bonds is 4. The van der Waals surface area contributed by atoms with Gasteiger partial charge in [-0.25, -0.2) is 4.79 Å². The van der Waals surface area contributed by atoms with Crippen LogP contribution in [-0.2, 0) is 23.7 Å². The Morgan fingerprint density at radius 1 is 1.18 bits per heavy atom. The van der Waals surface area contributed by atoms with E-state index in [9.17, 15) is 19.2 Å². The largest absolute Gasteiger partial charge is 0.348 e. The molecule has 3 amide bonds. The molecule has 3 rings (SSSR count). The van der Waals surface area contributed by atoms with Crippen molar-refractivity contribution in [1.29, 1.82) is 0 Å². The summed E-state index contributed by atoms with van der Waals surface area (Å²) in [6.45, 7) is 3.21. The molecule has 1 aromatic rings. The van der Waals surface area contributed by atoms with E-state index in [2.05, 4.69) is 10.6 Å². The van der Waals surface area contributed by atoms with E-state index >= 15 is 0 Å². The molecule has 0 unspecified atom stereocenters. The molecule has 2 N–H and O–H groups in total. The number of nitrogens with zero attached hydrogens (tertiary/aromatic N) is 3. The summed E-state index contributed by atoms with van der Waals surface area (Å²) in [6.07, 6.45) is 5.07. The molecule has 0 bridgehead atoms. The number of hydrogen-bond acceptors (Lipinski definition) is 4. The summed E-state index contributed by atoms with van der Waals surface area (Å²) in [6, 6.07) is -0.455. The first kappa shape index (κ1) is 20.2. The first-order valence-corrected chi connectivity index (χ1v) is 9.89. The molecule has 0 saturated carbocycles. The zero-order valence-corrected chi connectivity index (χ0v) is 16.7. The molecule has 2 fully saturated rings. The molecule has 0 radical (unpaired) electrons. The third-order valence-corrected chi connectivity index (χ3v) is 5.95. The van der Waals surface area contributed by atoms with E-state index in [0.29, 0.717) is 31.6 Å². The second-order valence-electron chi connectivity index (χ2n) is 7.90. The maximum atomic E-state index is 12.6. The number of aromatic nitrogens is 2. The van der Waals surface area contributed by atoms with E-state index in [4.69, 9.17) is 0 Å². The van der Waals surface area contributed by atoms with Crippen molar-refractivity contribution in [3.63, 3.8) is 0 Å². The Morgan fingerprint density at radius 3 is 2.43 bits per heavy atom. The van der Waals surface area contributed by atoms with Gasteiger partial charge in [0.15, 0.2) is 0 Å². The highest BCUT2D eigenvalue weighted by Crippen LogP contribution is 2.22. The Balaban J connectivity index is 1.52. The molecule has 2 atom stereocenters. The van der Waals surface area contributed by atoms with Gasteiger partial charge in [-0.1, -0.05) is 0 Å². The van der Waals surface area contributed by atoms with Crippen LogP contribution in [0, 0.1) is 5.92 Å². The Hall–Kier alpha value is -2.58. The van der Waals surface area contributed by atoms with Gasteiger partial charge in [0, 0.05) is 45.8 Å². The minimum Gasteiger partial charge on any atom is -0.348 e. The van der Waals surface area contributed by atoms with Gasteiger partial charge < -0.3 is 20.1 Å². The van der Waals surface area contributed by atoms with Gasteiger partial charge in [0.2, 0.25) is 11.8 Å². The number of carbonyl (C=O) groups is 3. The summed E-state index contributed by atoms with van der Waals surface area (Å²) < 4.78 is 2.72. The molecule has 0 aromatic carbocycles. The zero-order valence-electron chi connectivity index (χ0n) is 16.7. The normalized spacial score (nSPS) is 21.9. The van der Waals surface area contributed by atoms with Crippen LogP contribution >= 0.6 is 0 Å². The lowest BCUT2D eigenvalue weighted by Gasteiger charge is -2.37. The summed E-state index contributed by atoms with van der Waals surface area (Å²) in [5, 5.41) is 5.77. The van der Waals surface area contributed by atoms with Crippen LogP contribution in [0.1, 0.15) is 49.5 Å². The molecule has 3 heterocycles. The lowest BCUT2D eigenvalue weighted by Crippen LogP contribution is -2.53. The number of hydrogen-bond donors (Lipinski definition) is 2. The average Bonchev–Trinajstić information content (AvgIpc) is 2.95. The van der Waals surface area contributed by atoms with Crippen molar-refractivity contribution in [3.8, 4) is 0 Å². The van der Waals surface area contributed by atoms with Gasteiger partial charge in [0.05, 0.1) is 0 Å². The van der Waals surface area contributed by atoms with E-state index < -0.39 is 6.04 Å². The average molecular weight is 391 g/mol. The van der Waals surface area contributed by atoms with Crippen LogP contribution in [0.2, 0.25) is 0 Å². The Bertz CT molecular complexity index is 819. The summed E-state index contributed by atoms with van der Waals surface area (Å²) in [5.41, 5.74) is 0.0967. The van der Waals surface area contributed by atoms with Gasteiger partial charge in [-0.05, 0) is 38.5 Å².